The van der Waals surface area contributed by atoms with Gasteiger partial charge in [-0.1, -0.05) is 18.2 Å². The fourth-order valence-corrected chi connectivity index (χ4v) is 2.65. The first kappa shape index (κ1) is 15.5. The van der Waals surface area contributed by atoms with Crippen molar-refractivity contribution in [3.05, 3.63) is 47.5 Å². The molecule has 2 aromatic carbocycles. The predicted molar refractivity (Wildman–Crippen MR) is 87.5 cm³/mol. The van der Waals surface area contributed by atoms with E-state index in [2.05, 4.69) is 11.4 Å². The van der Waals surface area contributed by atoms with Gasteiger partial charge in [0.2, 0.25) is 12.5 Å². The van der Waals surface area contributed by atoms with Crippen LogP contribution in [-0.2, 0) is 13.0 Å². The summed E-state index contributed by atoms with van der Waals surface area (Å²) in [6.07, 6.45) is 0.908. The summed E-state index contributed by atoms with van der Waals surface area (Å²) in [5, 5.41) is 3.44. The summed E-state index contributed by atoms with van der Waals surface area (Å²) in [5.41, 5.74) is 2.30. The molecular formula is C18H21NO4. The lowest BCUT2D eigenvalue weighted by atomic mass is 10.1. The molecule has 1 aliphatic heterocycles. The van der Waals surface area contributed by atoms with E-state index >= 15 is 0 Å². The van der Waals surface area contributed by atoms with Crippen LogP contribution in [0.5, 0.6) is 23.0 Å². The maximum absolute atomic E-state index is 5.44. The molecule has 1 heterocycles. The lowest BCUT2D eigenvalue weighted by molar-refractivity contribution is 0.171. The minimum absolute atomic E-state index is 0.246. The fraction of sp³-hybridized carbons (Fsp3) is 0.333. The summed E-state index contributed by atoms with van der Waals surface area (Å²) < 4.78 is 21.6. The van der Waals surface area contributed by atoms with E-state index in [4.69, 9.17) is 18.9 Å². The Balaban J connectivity index is 1.57. The van der Waals surface area contributed by atoms with Crippen molar-refractivity contribution in [2.45, 2.75) is 13.0 Å². The van der Waals surface area contributed by atoms with Gasteiger partial charge in [0.05, 0.1) is 14.2 Å². The number of rotatable bonds is 7. The molecule has 5 nitrogen and oxygen atoms in total. The summed E-state index contributed by atoms with van der Waals surface area (Å²) in [6, 6.07) is 12.0. The quantitative estimate of drug-likeness (QED) is 0.796. The fourth-order valence-electron chi connectivity index (χ4n) is 2.65. The van der Waals surface area contributed by atoms with Crippen molar-refractivity contribution in [2.75, 3.05) is 27.6 Å². The maximum Gasteiger partial charge on any atom is 0.231 e. The van der Waals surface area contributed by atoms with Crippen LogP contribution in [0.2, 0.25) is 0 Å². The van der Waals surface area contributed by atoms with Crippen LogP contribution in [0, 0.1) is 0 Å². The third kappa shape index (κ3) is 3.51. The number of methoxy groups -OCH3 is 2. The zero-order valence-corrected chi connectivity index (χ0v) is 13.4. The van der Waals surface area contributed by atoms with Gasteiger partial charge in [0, 0.05) is 6.54 Å². The van der Waals surface area contributed by atoms with Crippen molar-refractivity contribution in [3.8, 4) is 23.0 Å². The highest BCUT2D eigenvalue weighted by Gasteiger charge is 2.19. The average Bonchev–Trinajstić information content (AvgIpc) is 3.06. The van der Waals surface area contributed by atoms with Gasteiger partial charge < -0.3 is 24.3 Å². The van der Waals surface area contributed by atoms with Gasteiger partial charge in [0.1, 0.15) is 5.75 Å². The minimum atomic E-state index is 0.246. The number of nitrogens with one attached hydrogen (secondary N) is 1. The molecule has 2 aromatic rings. The Morgan fingerprint density at radius 2 is 1.87 bits per heavy atom. The topological polar surface area (TPSA) is 49.0 Å². The molecule has 1 N–H and O–H groups in total. The lowest BCUT2D eigenvalue weighted by Gasteiger charge is -2.11. The Morgan fingerprint density at radius 3 is 2.70 bits per heavy atom. The Kier molecular flexibility index (Phi) is 4.88. The summed E-state index contributed by atoms with van der Waals surface area (Å²) in [4.78, 5) is 0. The summed E-state index contributed by atoms with van der Waals surface area (Å²) in [7, 11) is 3.33. The van der Waals surface area contributed by atoms with Gasteiger partial charge in [-0.3, -0.25) is 0 Å². The van der Waals surface area contributed by atoms with Gasteiger partial charge in [-0.15, -0.1) is 0 Å². The highest BCUT2D eigenvalue weighted by molar-refractivity contribution is 5.55. The predicted octanol–water partition coefficient (Wildman–Crippen LogP) is 2.76. The molecule has 0 amide bonds. The molecular weight excluding hydrogens is 294 g/mol. The monoisotopic (exact) mass is 315 g/mol. The SMILES string of the molecule is COc1ccccc1CCNCc1cc(OC)c2c(c1)OCO2. The number of fused-ring (bicyclic) bond motifs is 1. The number of para-hydroxylation sites is 1. The van der Waals surface area contributed by atoms with Gasteiger partial charge in [-0.2, -0.15) is 0 Å². The molecule has 0 saturated heterocycles. The Morgan fingerprint density at radius 1 is 1.04 bits per heavy atom. The van der Waals surface area contributed by atoms with Gasteiger partial charge >= 0.3 is 0 Å². The molecule has 23 heavy (non-hydrogen) atoms. The van der Waals surface area contributed by atoms with Crippen LogP contribution in [0.3, 0.4) is 0 Å². The van der Waals surface area contributed by atoms with E-state index in [1.165, 1.54) is 5.56 Å². The van der Waals surface area contributed by atoms with E-state index in [0.717, 1.165) is 36.6 Å². The highest BCUT2D eigenvalue weighted by Crippen LogP contribution is 2.41. The van der Waals surface area contributed by atoms with E-state index in [0.29, 0.717) is 11.5 Å². The molecule has 0 atom stereocenters. The number of hydrogen-bond donors (Lipinski definition) is 1. The first-order chi connectivity index (χ1) is 11.3. The van der Waals surface area contributed by atoms with E-state index in [9.17, 15) is 0 Å². The van der Waals surface area contributed by atoms with Crippen molar-refractivity contribution in [1.29, 1.82) is 0 Å². The number of benzene rings is 2. The van der Waals surface area contributed by atoms with Crippen LogP contribution in [-0.4, -0.2) is 27.6 Å². The van der Waals surface area contributed by atoms with Crippen molar-refractivity contribution in [3.63, 3.8) is 0 Å². The van der Waals surface area contributed by atoms with Crippen LogP contribution in [0.25, 0.3) is 0 Å². The smallest absolute Gasteiger partial charge is 0.231 e. The van der Waals surface area contributed by atoms with Gasteiger partial charge in [-0.25, -0.2) is 0 Å². The second kappa shape index (κ2) is 7.24. The van der Waals surface area contributed by atoms with Gasteiger partial charge in [-0.05, 0) is 42.3 Å². The van der Waals surface area contributed by atoms with Crippen LogP contribution in [0.1, 0.15) is 11.1 Å². The number of hydrogen-bond acceptors (Lipinski definition) is 5. The number of ether oxygens (including phenoxy) is 4. The summed E-state index contributed by atoms with van der Waals surface area (Å²) >= 11 is 0. The molecule has 0 saturated carbocycles. The van der Waals surface area contributed by atoms with Crippen LogP contribution >= 0.6 is 0 Å². The molecule has 0 bridgehead atoms. The summed E-state index contributed by atoms with van der Waals surface area (Å²) in [5.74, 6) is 3.07. The molecule has 0 aromatic heterocycles. The standard InChI is InChI=1S/C18H21NO4/c1-20-15-6-4-3-5-14(15)7-8-19-11-13-9-16(21-2)18-17(10-13)22-12-23-18/h3-6,9-10,19H,7-8,11-12H2,1-2H3. The first-order valence-electron chi connectivity index (χ1n) is 7.61. The summed E-state index contributed by atoms with van der Waals surface area (Å²) in [6.45, 7) is 1.84. The molecule has 0 unspecified atom stereocenters. The van der Waals surface area contributed by atoms with E-state index in [-0.39, 0.29) is 6.79 Å². The van der Waals surface area contributed by atoms with Crippen molar-refractivity contribution in [1.82, 2.24) is 5.32 Å². The molecule has 5 heteroatoms. The molecule has 122 valence electrons. The molecule has 0 spiro atoms. The molecule has 0 radical (unpaired) electrons. The lowest BCUT2D eigenvalue weighted by Crippen LogP contribution is -2.17. The third-order valence-corrected chi connectivity index (χ3v) is 3.81. The van der Waals surface area contributed by atoms with Gasteiger partial charge in [0.25, 0.3) is 0 Å². The van der Waals surface area contributed by atoms with Crippen LogP contribution in [0.15, 0.2) is 36.4 Å². The van der Waals surface area contributed by atoms with Crippen molar-refractivity contribution in [2.24, 2.45) is 0 Å². The minimum Gasteiger partial charge on any atom is -0.496 e. The normalized spacial score (nSPS) is 12.3. The second-order valence-electron chi connectivity index (χ2n) is 5.27. The molecule has 1 aliphatic rings. The Hall–Kier alpha value is -2.40. The zero-order valence-electron chi connectivity index (χ0n) is 13.4. The van der Waals surface area contributed by atoms with Gasteiger partial charge in [0.15, 0.2) is 11.5 Å². The zero-order chi connectivity index (χ0) is 16.1. The van der Waals surface area contributed by atoms with Crippen molar-refractivity contribution >= 4 is 0 Å². The third-order valence-electron chi connectivity index (χ3n) is 3.81. The first-order valence-corrected chi connectivity index (χ1v) is 7.61. The van der Waals surface area contributed by atoms with Crippen LogP contribution < -0.4 is 24.3 Å². The largest absolute Gasteiger partial charge is 0.496 e. The van der Waals surface area contributed by atoms with E-state index in [1.807, 2.05) is 30.3 Å². The molecule has 0 aliphatic carbocycles. The molecule has 3 rings (SSSR count). The Labute approximate surface area is 136 Å². The Bertz CT molecular complexity index is 672. The van der Waals surface area contributed by atoms with E-state index in [1.54, 1.807) is 14.2 Å². The maximum atomic E-state index is 5.44. The average molecular weight is 315 g/mol. The van der Waals surface area contributed by atoms with E-state index < -0.39 is 0 Å². The molecule has 0 fully saturated rings. The second-order valence-corrected chi connectivity index (χ2v) is 5.27. The van der Waals surface area contributed by atoms with Crippen molar-refractivity contribution < 1.29 is 18.9 Å². The highest BCUT2D eigenvalue weighted by atomic mass is 16.7. The van der Waals surface area contributed by atoms with Crippen LogP contribution in [0.4, 0.5) is 0 Å².